The summed E-state index contributed by atoms with van der Waals surface area (Å²) in [6, 6.07) is 7.05. The standard InChI is InChI=1S/C25H39ClN4O4/c1-24(2,3)34-23(33)29-20(10-11-21(27)31)22(32)28-19-12-14-25(15-13-19,30(4)5)16-17-6-8-18(26)9-7-17/h6-9,19-20H,10-16H2,1-5H3,(H2,27,31)(H,28,32)(H,29,33). The minimum atomic E-state index is -0.892. The summed E-state index contributed by atoms with van der Waals surface area (Å²) in [5, 5.41) is 6.37. The summed E-state index contributed by atoms with van der Waals surface area (Å²) in [6.07, 6.45) is 3.76. The van der Waals surface area contributed by atoms with Gasteiger partial charge in [-0.1, -0.05) is 23.7 Å². The zero-order valence-corrected chi connectivity index (χ0v) is 21.7. The zero-order valence-electron chi connectivity index (χ0n) is 20.9. The highest BCUT2D eigenvalue weighted by Crippen LogP contribution is 2.35. The van der Waals surface area contributed by atoms with Crippen molar-refractivity contribution in [2.75, 3.05) is 14.1 Å². The Morgan fingerprint density at radius 1 is 1.18 bits per heavy atom. The molecule has 34 heavy (non-hydrogen) atoms. The van der Waals surface area contributed by atoms with Crippen molar-refractivity contribution < 1.29 is 19.1 Å². The van der Waals surface area contributed by atoms with E-state index in [1.165, 1.54) is 5.56 Å². The fourth-order valence-electron chi connectivity index (χ4n) is 4.37. The molecule has 9 heteroatoms. The Balaban J connectivity index is 2.00. The summed E-state index contributed by atoms with van der Waals surface area (Å²) in [7, 11) is 4.19. The first-order valence-electron chi connectivity index (χ1n) is 11.8. The number of nitrogens with two attached hydrogens (primary N) is 1. The van der Waals surface area contributed by atoms with Crippen LogP contribution in [-0.4, -0.2) is 60.1 Å². The number of nitrogens with one attached hydrogen (secondary N) is 2. The number of alkyl carbamates (subject to hydrolysis) is 1. The number of benzene rings is 1. The van der Waals surface area contributed by atoms with Crippen molar-refractivity contribution in [2.45, 2.75) is 88.9 Å². The number of primary amides is 1. The molecule has 0 radical (unpaired) electrons. The number of nitrogens with zero attached hydrogens (tertiary/aromatic N) is 1. The molecule has 1 aliphatic carbocycles. The molecule has 1 fully saturated rings. The predicted molar refractivity (Wildman–Crippen MR) is 134 cm³/mol. The normalized spacial score (nSPS) is 21.6. The van der Waals surface area contributed by atoms with Gasteiger partial charge in [-0.15, -0.1) is 0 Å². The Kier molecular flexibility index (Phi) is 9.76. The Morgan fingerprint density at radius 2 is 1.76 bits per heavy atom. The van der Waals surface area contributed by atoms with Gasteiger partial charge in [0, 0.05) is 23.0 Å². The first-order valence-corrected chi connectivity index (χ1v) is 12.2. The van der Waals surface area contributed by atoms with E-state index in [9.17, 15) is 14.4 Å². The minimum Gasteiger partial charge on any atom is -0.444 e. The first-order chi connectivity index (χ1) is 15.8. The molecule has 4 N–H and O–H groups in total. The van der Waals surface area contributed by atoms with Gasteiger partial charge in [0.15, 0.2) is 0 Å². The maximum absolute atomic E-state index is 13.0. The topological polar surface area (TPSA) is 114 Å². The molecule has 0 spiro atoms. The largest absolute Gasteiger partial charge is 0.444 e. The summed E-state index contributed by atoms with van der Waals surface area (Å²) >= 11 is 6.04. The van der Waals surface area contributed by atoms with Crippen molar-refractivity contribution in [1.29, 1.82) is 0 Å². The van der Waals surface area contributed by atoms with Crippen LogP contribution in [0.3, 0.4) is 0 Å². The van der Waals surface area contributed by atoms with Gasteiger partial charge in [-0.05, 0) is 91.1 Å². The lowest BCUT2D eigenvalue weighted by molar-refractivity contribution is -0.124. The quantitative estimate of drug-likeness (QED) is 0.486. The molecule has 1 saturated carbocycles. The predicted octanol–water partition coefficient (Wildman–Crippen LogP) is 3.40. The van der Waals surface area contributed by atoms with Crippen molar-refractivity contribution in [3.8, 4) is 0 Å². The van der Waals surface area contributed by atoms with Gasteiger partial charge in [0.05, 0.1) is 0 Å². The number of carbonyl (C=O) groups excluding carboxylic acids is 3. The Labute approximate surface area is 207 Å². The van der Waals surface area contributed by atoms with Crippen LogP contribution < -0.4 is 16.4 Å². The van der Waals surface area contributed by atoms with Crippen LogP contribution in [0.15, 0.2) is 24.3 Å². The fourth-order valence-corrected chi connectivity index (χ4v) is 4.50. The Morgan fingerprint density at radius 3 is 2.26 bits per heavy atom. The van der Waals surface area contributed by atoms with Crippen LogP contribution in [0, 0.1) is 0 Å². The number of likely N-dealkylation sites (N-methyl/N-ethyl adjacent to an activating group) is 1. The Bertz CT molecular complexity index is 843. The molecule has 1 aromatic carbocycles. The molecule has 1 unspecified atom stereocenters. The van der Waals surface area contributed by atoms with Crippen LogP contribution >= 0.6 is 11.6 Å². The number of amides is 3. The van der Waals surface area contributed by atoms with Crippen LogP contribution in [0.4, 0.5) is 4.79 Å². The van der Waals surface area contributed by atoms with E-state index >= 15 is 0 Å². The molecule has 1 aliphatic rings. The van der Waals surface area contributed by atoms with Crippen molar-refractivity contribution in [1.82, 2.24) is 15.5 Å². The summed E-state index contributed by atoms with van der Waals surface area (Å²) in [5.74, 6) is -0.855. The third kappa shape index (κ3) is 8.80. The van der Waals surface area contributed by atoms with E-state index in [1.54, 1.807) is 20.8 Å². The Hall–Kier alpha value is -2.32. The molecule has 0 aromatic heterocycles. The van der Waals surface area contributed by atoms with E-state index in [0.717, 1.165) is 37.1 Å². The van der Waals surface area contributed by atoms with E-state index in [0.29, 0.717) is 0 Å². The van der Waals surface area contributed by atoms with Gasteiger partial charge in [-0.25, -0.2) is 4.79 Å². The smallest absolute Gasteiger partial charge is 0.408 e. The lowest BCUT2D eigenvalue weighted by Crippen LogP contribution is -2.55. The summed E-state index contributed by atoms with van der Waals surface area (Å²) in [4.78, 5) is 38.8. The van der Waals surface area contributed by atoms with E-state index in [4.69, 9.17) is 22.1 Å². The maximum atomic E-state index is 13.0. The minimum absolute atomic E-state index is 0.00477. The fraction of sp³-hybridized carbons (Fsp3) is 0.640. The van der Waals surface area contributed by atoms with E-state index in [-0.39, 0.29) is 30.3 Å². The third-order valence-corrected chi connectivity index (χ3v) is 6.60. The average Bonchev–Trinajstić information content (AvgIpc) is 2.72. The molecule has 8 nitrogen and oxygen atoms in total. The number of hydrogen-bond acceptors (Lipinski definition) is 5. The van der Waals surface area contributed by atoms with Gasteiger partial charge in [-0.3, -0.25) is 9.59 Å². The molecular formula is C25H39ClN4O4. The molecule has 0 heterocycles. The van der Waals surface area contributed by atoms with Crippen LogP contribution in [-0.2, 0) is 20.7 Å². The summed E-state index contributed by atoms with van der Waals surface area (Å²) in [5.41, 5.74) is 5.79. The monoisotopic (exact) mass is 494 g/mol. The van der Waals surface area contributed by atoms with Gasteiger partial charge in [0.2, 0.25) is 11.8 Å². The number of halogens is 1. The molecule has 2 rings (SSSR count). The van der Waals surface area contributed by atoms with Gasteiger partial charge < -0.3 is 26.0 Å². The molecule has 1 aromatic rings. The number of carbonyl (C=O) groups is 3. The zero-order chi connectivity index (χ0) is 25.5. The van der Waals surface area contributed by atoms with E-state index in [1.807, 2.05) is 12.1 Å². The van der Waals surface area contributed by atoms with Crippen molar-refractivity contribution >= 4 is 29.5 Å². The van der Waals surface area contributed by atoms with Crippen molar-refractivity contribution in [2.24, 2.45) is 5.73 Å². The van der Waals surface area contributed by atoms with Gasteiger partial charge >= 0.3 is 6.09 Å². The highest BCUT2D eigenvalue weighted by Gasteiger charge is 2.38. The maximum Gasteiger partial charge on any atom is 0.408 e. The molecule has 0 aliphatic heterocycles. The van der Waals surface area contributed by atoms with Crippen LogP contribution in [0.1, 0.15) is 64.9 Å². The van der Waals surface area contributed by atoms with Gasteiger partial charge in [0.1, 0.15) is 11.6 Å². The summed E-state index contributed by atoms with van der Waals surface area (Å²) in [6.45, 7) is 5.23. The van der Waals surface area contributed by atoms with Gasteiger partial charge in [0.25, 0.3) is 0 Å². The van der Waals surface area contributed by atoms with E-state index in [2.05, 4.69) is 41.8 Å². The van der Waals surface area contributed by atoms with Crippen molar-refractivity contribution in [3.63, 3.8) is 0 Å². The molecule has 1 atom stereocenters. The van der Waals surface area contributed by atoms with Crippen LogP contribution in [0.5, 0.6) is 0 Å². The highest BCUT2D eigenvalue weighted by molar-refractivity contribution is 6.30. The number of hydrogen-bond donors (Lipinski definition) is 3. The number of ether oxygens (including phenoxy) is 1. The molecule has 3 amide bonds. The molecular weight excluding hydrogens is 456 g/mol. The second-order valence-corrected chi connectivity index (χ2v) is 10.8. The lowest BCUT2D eigenvalue weighted by atomic mass is 9.74. The highest BCUT2D eigenvalue weighted by atomic mass is 35.5. The van der Waals surface area contributed by atoms with E-state index < -0.39 is 23.6 Å². The van der Waals surface area contributed by atoms with Crippen LogP contribution in [0.25, 0.3) is 0 Å². The summed E-state index contributed by atoms with van der Waals surface area (Å²) < 4.78 is 5.27. The third-order valence-electron chi connectivity index (χ3n) is 6.34. The molecule has 0 saturated heterocycles. The van der Waals surface area contributed by atoms with Crippen molar-refractivity contribution in [3.05, 3.63) is 34.9 Å². The first kappa shape index (κ1) is 27.9. The average molecular weight is 495 g/mol. The number of rotatable bonds is 9. The molecule has 0 bridgehead atoms. The van der Waals surface area contributed by atoms with Gasteiger partial charge in [-0.2, -0.15) is 0 Å². The lowest BCUT2D eigenvalue weighted by Gasteiger charge is -2.45. The second-order valence-electron chi connectivity index (χ2n) is 10.4. The second kappa shape index (κ2) is 11.9. The SMILES string of the molecule is CN(C)C1(Cc2ccc(Cl)cc2)CCC(NC(=O)C(CCC(N)=O)NC(=O)OC(C)(C)C)CC1. The molecule has 190 valence electrons. The van der Waals surface area contributed by atoms with Crippen LogP contribution in [0.2, 0.25) is 5.02 Å².